The molecule has 2 unspecified atom stereocenters. The van der Waals surface area contributed by atoms with Gasteiger partial charge in [-0.25, -0.2) is 0 Å². The Kier molecular flexibility index (Phi) is 9.33. The van der Waals surface area contributed by atoms with Gasteiger partial charge in [-0.05, 0) is 0 Å². The van der Waals surface area contributed by atoms with Gasteiger partial charge in [0.25, 0.3) is 0 Å². The largest absolute Gasteiger partial charge is 0.147 e. The van der Waals surface area contributed by atoms with Crippen molar-refractivity contribution in [2.75, 3.05) is 21.3 Å². The van der Waals surface area contributed by atoms with Gasteiger partial charge in [0.05, 0.1) is 0 Å². The van der Waals surface area contributed by atoms with E-state index in [1.807, 2.05) is 12.1 Å². The van der Waals surface area contributed by atoms with Crippen LogP contribution in [0.25, 0.3) is 5.57 Å². The van der Waals surface area contributed by atoms with Crippen LogP contribution in [-0.4, -0.2) is 28.2 Å². The average Bonchev–Trinajstić information content (AvgIpc) is 3.30. The molecule has 3 nitrogen and oxygen atoms in total. The molecule has 0 heterocycles. The van der Waals surface area contributed by atoms with Gasteiger partial charge in [0, 0.05) is 0 Å². The summed E-state index contributed by atoms with van der Waals surface area (Å²) in [6, 6.07) is 12.8. The van der Waals surface area contributed by atoms with Crippen LogP contribution in [0.2, 0.25) is 9.26 Å². The maximum absolute atomic E-state index is 5.87. The van der Waals surface area contributed by atoms with Crippen LogP contribution in [0, 0.1) is 5.92 Å². The summed E-state index contributed by atoms with van der Waals surface area (Å²) in [4.78, 5) is 0. The Morgan fingerprint density at radius 3 is 1.86 bits per heavy atom. The minimum atomic E-state index is -3.50. The summed E-state index contributed by atoms with van der Waals surface area (Å²) < 4.78 is 24.7. The summed E-state index contributed by atoms with van der Waals surface area (Å²) in [5.41, 5.74) is 9.51. The molecule has 0 N–H and O–H groups in total. The summed E-state index contributed by atoms with van der Waals surface area (Å²) in [6.45, 7) is 11.7. The smallest absolute Gasteiger partial charge is 0.147 e. The first-order valence-corrected chi connectivity index (χ1v) is 25.5. The van der Waals surface area contributed by atoms with Crippen molar-refractivity contribution in [1.82, 2.24) is 0 Å². The molecular formula is C29H40Cl2O3SiZr. The Labute approximate surface area is 231 Å². The van der Waals surface area contributed by atoms with Crippen LogP contribution in [0.5, 0.6) is 17.2 Å². The molecule has 2 atom stereocenters. The Bertz CT molecular complexity index is 1330. The number of rotatable bonds is 6. The molecule has 0 radical (unpaired) electrons. The second-order valence-electron chi connectivity index (χ2n) is 10.9. The van der Waals surface area contributed by atoms with Crippen molar-refractivity contribution in [3.05, 3.63) is 79.2 Å². The molecule has 0 fully saturated rings. The first-order valence-electron chi connectivity index (χ1n) is 12.0. The summed E-state index contributed by atoms with van der Waals surface area (Å²) >= 11 is -3.50. The number of benzene rings is 2. The molecule has 0 aliphatic heterocycles. The van der Waals surface area contributed by atoms with Gasteiger partial charge in [0.1, 0.15) is 0 Å². The van der Waals surface area contributed by atoms with E-state index in [1.165, 1.54) is 33.4 Å². The summed E-state index contributed by atoms with van der Waals surface area (Å²) in [5.74, 6) is 2.80. The topological polar surface area (TPSA) is 27.7 Å². The normalized spacial score (nSPS) is 19.3. The molecule has 0 saturated carbocycles. The molecule has 2 aliphatic carbocycles. The van der Waals surface area contributed by atoms with Gasteiger partial charge in [-0.2, -0.15) is 0 Å². The molecule has 0 bridgehead atoms. The van der Waals surface area contributed by atoms with Crippen LogP contribution in [-0.2, 0) is 17.4 Å². The third-order valence-electron chi connectivity index (χ3n) is 8.43. The molecule has 2 aromatic rings. The van der Waals surface area contributed by atoms with Crippen molar-refractivity contribution in [1.29, 1.82) is 0 Å². The van der Waals surface area contributed by atoms with Crippen molar-refractivity contribution in [3.63, 3.8) is 0 Å². The second kappa shape index (κ2) is 10.8. The first-order chi connectivity index (χ1) is 15.9. The maximum Gasteiger partial charge on any atom is -0.147 e. The number of fused-ring (bicyclic) bond motifs is 1. The predicted molar refractivity (Wildman–Crippen MR) is 157 cm³/mol. The molecule has 4 rings (SSSR count). The Morgan fingerprint density at radius 2 is 1.39 bits per heavy atom. The zero-order valence-electron chi connectivity index (χ0n) is 22.9. The van der Waals surface area contributed by atoms with E-state index in [9.17, 15) is 0 Å². The Balaban J connectivity index is 0.00000228. The van der Waals surface area contributed by atoms with Crippen LogP contribution >= 0.6 is 24.8 Å². The molecule has 0 aromatic heterocycles. The molecule has 2 aliphatic rings. The third-order valence-corrected chi connectivity index (χ3v) is 25.7. The van der Waals surface area contributed by atoms with Gasteiger partial charge in [0.15, 0.2) is 0 Å². The number of ether oxygens (including phenoxy) is 3. The average molecular weight is 627 g/mol. The number of hydrogen-bond donors (Lipinski definition) is 0. The monoisotopic (exact) mass is 624 g/mol. The minimum absolute atomic E-state index is 0. The number of methoxy groups -OCH3 is 3. The summed E-state index contributed by atoms with van der Waals surface area (Å²) in [5, 5.41) is 0. The van der Waals surface area contributed by atoms with E-state index in [0.29, 0.717) is 9.54 Å². The van der Waals surface area contributed by atoms with E-state index in [-0.39, 0.29) is 24.8 Å². The van der Waals surface area contributed by atoms with Gasteiger partial charge < -0.3 is 0 Å². The quantitative estimate of drug-likeness (QED) is 0.309. The van der Waals surface area contributed by atoms with Crippen molar-refractivity contribution in [3.8, 4) is 17.2 Å². The predicted octanol–water partition coefficient (Wildman–Crippen LogP) is 7.64. The molecule has 196 valence electrons. The van der Waals surface area contributed by atoms with E-state index >= 15 is 0 Å². The van der Waals surface area contributed by atoms with E-state index in [4.69, 9.17) is 14.2 Å². The van der Waals surface area contributed by atoms with Crippen molar-refractivity contribution in [2.24, 2.45) is 5.92 Å². The van der Waals surface area contributed by atoms with E-state index in [2.05, 4.69) is 74.2 Å². The van der Waals surface area contributed by atoms with E-state index in [0.717, 1.165) is 22.8 Å². The minimum Gasteiger partial charge on any atom is -0.147 e. The fourth-order valence-electron chi connectivity index (χ4n) is 6.47. The van der Waals surface area contributed by atoms with E-state index < -0.39 is 17.4 Å². The molecule has 7 heteroatoms. The van der Waals surface area contributed by atoms with Gasteiger partial charge in [0.2, 0.25) is 0 Å². The van der Waals surface area contributed by atoms with Crippen LogP contribution < -0.4 is 14.2 Å². The number of hydrogen-bond acceptors (Lipinski definition) is 3. The van der Waals surface area contributed by atoms with Crippen LogP contribution in [0.4, 0.5) is 0 Å². The van der Waals surface area contributed by atoms with Crippen LogP contribution in [0.1, 0.15) is 48.0 Å². The molecule has 0 spiro atoms. The Hall–Kier alpha value is -1.26. The van der Waals surface area contributed by atoms with Crippen molar-refractivity contribution >= 4 is 37.3 Å². The first kappa shape index (κ1) is 31.0. The SMILES string of the molecule is COc1cc(OC)c(C2=C[CH]([Zr]([CH3])([CH3])(=[SiH2])[C]3=C(C)C(C)=C(C)C3C)c3ccccc32)c(OC)c1.Cl.Cl. The van der Waals surface area contributed by atoms with Crippen LogP contribution in [0.15, 0.2) is 62.5 Å². The van der Waals surface area contributed by atoms with Crippen molar-refractivity contribution < 1.29 is 31.6 Å². The fraction of sp³-hybridized carbons (Fsp3) is 0.379. The maximum atomic E-state index is 5.87. The van der Waals surface area contributed by atoms with E-state index in [1.54, 1.807) is 24.6 Å². The molecule has 0 amide bonds. The molecular weight excluding hydrogens is 587 g/mol. The van der Waals surface area contributed by atoms with Gasteiger partial charge in [-0.3, -0.25) is 0 Å². The standard InChI is InChI=1S/C18H17O3.C9H13.2CH3.2ClH.H2Si.Zr/c1-19-13-10-16(20-2)18(17(11-13)21-3)15-9-8-12-6-4-5-7-14(12)15;1-6-5-7(2)9(4)8(6)3;;;;;;/h4-11H,1-3H3;6H,1-4H3;2*1H3;2*1H;1H2;. The Morgan fingerprint density at radius 1 is 0.833 bits per heavy atom. The summed E-state index contributed by atoms with van der Waals surface area (Å²) in [7, 11) is 5.10. The molecule has 2 aromatic carbocycles. The van der Waals surface area contributed by atoms with Crippen LogP contribution in [0.3, 0.4) is 0 Å². The molecule has 36 heavy (non-hydrogen) atoms. The fourth-order valence-corrected chi connectivity index (χ4v) is 25.0. The number of halogens is 2. The zero-order valence-corrected chi connectivity index (χ0v) is 28.4. The molecule has 0 saturated heterocycles. The van der Waals surface area contributed by atoms with Gasteiger partial charge >= 0.3 is 208 Å². The summed E-state index contributed by atoms with van der Waals surface area (Å²) in [6.07, 6.45) is 2.53. The second-order valence-corrected chi connectivity index (χ2v) is 40.5. The third kappa shape index (κ3) is 4.70. The number of allylic oxidation sites excluding steroid dienone is 5. The van der Waals surface area contributed by atoms with Gasteiger partial charge in [-0.1, -0.05) is 0 Å². The van der Waals surface area contributed by atoms with Crippen molar-refractivity contribution in [2.45, 2.75) is 40.6 Å². The zero-order chi connectivity index (χ0) is 25.0. The van der Waals surface area contributed by atoms with Gasteiger partial charge in [-0.15, -0.1) is 24.8 Å².